The van der Waals surface area contributed by atoms with Crippen molar-refractivity contribution in [2.24, 2.45) is 5.92 Å². The number of allylic oxidation sites excluding steroid dienone is 2. The molecule has 0 bridgehead atoms. The summed E-state index contributed by atoms with van der Waals surface area (Å²) in [6.07, 6.45) is 3.93. The first-order valence-electron chi connectivity index (χ1n) is 3.50. The number of methoxy groups -OCH3 is 1. The zero-order valence-corrected chi connectivity index (χ0v) is 6.39. The Labute approximate surface area is 60.9 Å². The highest BCUT2D eigenvalue weighted by Gasteiger charge is 2.26. The summed E-state index contributed by atoms with van der Waals surface area (Å²) in [5.74, 6) is 1.46. The molecule has 0 saturated heterocycles. The van der Waals surface area contributed by atoms with Crippen LogP contribution in [0.1, 0.15) is 19.8 Å². The van der Waals surface area contributed by atoms with Gasteiger partial charge in [-0.1, -0.05) is 0 Å². The minimum Gasteiger partial charge on any atom is -0.501 e. The summed E-state index contributed by atoms with van der Waals surface area (Å²) < 4.78 is 5.03. The standard InChI is InChI=1S/C8H12O2/c1-6(9)5-8(10-2)7-3-4-7/h5,7H,3-4H2,1-2H3. The largest absolute Gasteiger partial charge is 0.501 e. The highest BCUT2D eigenvalue weighted by Crippen LogP contribution is 2.36. The average molecular weight is 140 g/mol. The molecular formula is C8H12O2. The highest BCUT2D eigenvalue weighted by atomic mass is 16.5. The second-order valence-electron chi connectivity index (χ2n) is 2.64. The van der Waals surface area contributed by atoms with E-state index in [1.165, 1.54) is 12.8 Å². The molecule has 0 spiro atoms. The third-order valence-electron chi connectivity index (χ3n) is 1.56. The molecule has 0 aliphatic heterocycles. The number of hydrogen-bond donors (Lipinski definition) is 0. The number of hydrogen-bond acceptors (Lipinski definition) is 2. The van der Waals surface area contributed by atoms with Crippen LogP contribution in [0.15, 0.2) is 11.8 Å². The van der Waals surface area contributed by atoms with Crippen LogP contribution < -0.4 is 0 Å². The van der Waals surface area contributed by atoms with Crippen molar-refractivity contribution < 1.29 is 9.53 Å². The van der Waals surface area contributed by atoms with E-state index in [1.807, 2.05) is 0 Å². The van der Waals surface area contributed by atoms with Crippen LogP contribution in [0.4, 0.5) is 0 Å². The minimum atomic E-state index is 0.0729. The van der Waals surface area contributed by atoms with Crippen molar-refractivity contribution >= 4 is 5.78 Å². The van der Waals surface area contributed by atoms with Gasteiger partial charge in [0.1, 0.15) is 5.76 Å². The molecule has 0 aromatic carbocycles. The predicted molar refractivity (Wildman–Crippen MR) is 38.5 cm³/mol. The van der Waals surface area contributed by atoms with Crippen LogP contribution in [-0.2, 0) is 9.53 Å². The zero-order chi connectivity index (χ0) is 7.56. The second-order valence-corrected chi connectivity index (χ2v) is 2.64. The van der Waals surface area contributed by atoms with Crippen LogP contribution in [0.2, 0.25) is 0 Å². The van der Waals surface area contributed by atoms with Crippen molar-refractivity contribution in [2.75, 3.05) is 7.11 Å². The SMILES string of the molecule is COC(=CC(C)=O)C1CC1. The molecule has 0 heterocycles. The van der Waals surface area contributed by atoms with Gasteiger partial charge in [0.2, 0.25) is 0 Å². The molecule has 0 amide bonds. The van der Waals surface area contributed by atoms with Gasteiger partial charge in [0, 0.05) is 12.0 Å². The average Bonchev–Trinajstić information content (AvgIpc) is 2.63. The van der Waals surface area contributed by atoms with Gasteiger partial charge >= 0.3 is 0 Å². The van der Waals surface area contributed by atoms with Gasteiger partial charge in [-0.15, -0.1) is 0 Å². The fourth-order valence-corrected chi connectivity index (χ4v) is 0.912. The lowest BCUT2D eigenvalue weighted by Gasteiger charge is -2.00. The second kappa shape index (κ2) is 2.86. The molecule has 1 saturated carbocycles. The van der Waals surface area contributed by atoms with Crippen molar-refractivity contribution in [3.63, 3.8) is 0 Å². The van der Waals surface area contributed by atoms with Crippen LogP contribution in [0, 0.1) is 5.92 Å². The number of rotatable bonds is 3. The van der Waals surface area contributed by atoms with E-state index in [1.54, 1.807) is 20.1 Å². The lowest BCUT2D eigenvalue weighted by molar-refractivity contribution is -0.112. The quantitative estimate of drug-likeness (QED) is 0.439. The Hall–Kier alpha value is -0.790. The topological polar surface area (TPSA) is 26.3 Å². The maximum atomic E-state index is 10.6. The normalized spacial score (nSPS) is 18.8. The van der Waals surface area contributed by atoms with Crippen molar-refractivity contribution in [2.45, 2.75) is 19.8 Å². The molecule has 1 aliphatic rings. The van der Waals surface area contributed by atoms with Gasteiger partial charge in [0.05, 0.1) is 7.11 Å². The van der Waals surface area contributed by atoms with Crippen LogP contribution in [-0.4, -0.2) is 12.9 Å². The highest BCUT2D eigenvalue weighted by molar-refractivity contribution is 5.87. The molecule has 1 rings (SSSR count). The minimum absolute atomic E-state index is 0.0729. The van der Waals surface area contributed by atoms with Crippen LogP contribution >= 0.6 is 0 Å². The molecule has 0 aromatic rings. The molecule has 0 unspecified atom stereocenters. The number of carbonyl (C=O) groups is 1. The van der Waals surface area contributed by atoms with Crippen molar-refractivity contribution in [3.05, 3.63) is 11.8 Å². The van der Waals surface area contributed by atoms with Crippen molar-refractivity contribution in [3.8, 4) is 0 Å². The van der Waals surface area contributed by atoms with Gasteiger partial charge in [-0.3, -0.25) is 4.79 Å². The van der Waals surface area contributed by atoms with Gasteiger partial charge in [-0.05, 0) is 19.8 Å². The summed E-state index contributed by atoms with van der Waals surface area (Å²) in [6, 6.07) is 0. The van der Waals surface area contributed by atoms with E-state index >= 15 is 0 Å². The molecule has 56 valence electrons. The fourth-order valence-electron chi connectivity index (χ4n) is 0.912. The van der Waals surface area contributed by atoms with E-state index in [9.17, 15) is 4.79 Å². The lowest BCUT2D eigenvalue weighted by Crippen LogP contribution is -1.93. The molecular weight excluding hydrogens is 128 g/mol. The molecule has 0 aromatic heterocycles. The maximum absolute atomic E-state index is 10.6. The van der Waals surface area contributed by atoms with Crippen LogP contribution in [0.5, 0.6) is 0 Å². The Morgan fingerprint density at radius 1 is 1.60 bits per heavy atom. The summed E-state index contributed by atoms with van der Waals surface area (Å²) in [5.41, 5.74) is 0. The maximum Gasteiger partial charge on any atom is 0.155 e. The molecule has 2 heteroatoms. The van der Waals surface area contributed by atoms with Crippen molar-refractivity contribution in [1.29, 1.82) is 0 Å². The Bertz CT molecular complexity index is 166. The molecule has 0 radical (unpaired) electrons. The van der Waals surface area contributed by atoms with Gasteiger partial charge < -0.3 is 4.74 Å². The number of carbonyl (C=O) groups excluding carboxylic acids is 1. The van der Waals surface area contributed by atoms with Crippen LogP contribution in [0.3, 0.4) is 0 Å². The smallest absolute Gasteiger partial charge is 0.155 e. The fraction of sp³-hybridized carbons (Fsp3) is 0.625. The first kappa shape index (κ1) is 7.32. The number of ketones is 1. The first-order valence-corrected chi connectivity index (χ1v) is 3.50. The third-order valence-corrected chi connectivity index (χ3v) is 1.56. The Kier molecular flexibility index (Phi) is 2.10. The van der Waals surface area contributed by atoms with Gasteiger partial charge in [0.25, 0.3) is 0 Å². The molecule has 1 aliphatic carbocycles. The molecule has 1 fully saturated rings. The zero-order valence-electron chi connectivity index (χ0n) is 6.39. The Balaban J connectivity index is 2.53. The summed E-state index contributed by atoms with van der Waals surface area (Å²) in [5, 5.41) is 0. The Morgan fingerprint density at radius 2 is 2.20 bits per heavy atom. The molecule has 2 nitrogen and oxygen atoms in total. The van der Waals surface area contributed by atoms with E-state index in [2.05, 4.69) is 0 Å². The van der Waals surface area contributed by atoms with E-state index in [-0.39, 0.29) is 5.78 Å². The van der Waals surface area contributed by atoms with E-state index in [0.717, 1.165) is 5.76 Å². The van der Waals surface area contributed by atoms with E-state index in [0.29, 0.717) is 5.92 Å². The predicted octanol–water partition coefficient (Wildman–Crippen LogP) is 1.52. The number of ether oxygens (including phenoxy) is 1. The lowest BCUT2D eigenvalue weighted by atomic mass is 10.3. The van der Waals surface area contributed by atoms with E-state index in [4.69, 9.17) is 4.74 Å². The van der Waals surface area contributed by atoms with Crippen LogP contribution in [0.25, 0.3) is 0 Å². The third kappa shape index (κ3) is 1.87. The summed E-state index contributed by atoms with van der Waals surface area (Å²) >= 11 is 0. The van der Waals surface area contributed by atoms with Crippen molar-refractivity contribution in [1.82, 2.24) is 0 Å². The summed E-state index contributed by atoms with van der Waals surface area (Å²) in [4.78, 5) is 10.6. The molecule has 0 atom stereocenters. The van der Waals surface area contributed by atoms with E-state index < -0.39 is 0 Å². The van der Waals surface area contributed by atoms with Gasteiger partial charge in [-0.2, -0.15) is 0 Å². The summed E-state index contributed by atoms with van der Waals surface area (Å²) in [7, 11) is 1.62. The summed E-state index contributed by atoms with van der Waals surface area (Å²) in [6.45, 7) is 1.54. The molecule has 10 heavy (non-hydrogen) atoms. The molecule has 0 N–H and O–H groups in total. The Morgan fingerprint density at radius 3 is 2.50 bits per heavy atom. The first-order chi connectivity index (χ1) is 4.74. The van der Waals surface area contributed by atoms with Gasteiger partial charge in [-0.25, -0.2) is 0 Å². The monoisotopic (exact) mass is 140 g/mol. The van der Waals surface area contributed by atoms with Gasteiger partial charge in [0.15, 0.2) is 5.78 Å².